The quantitative estimate of drug-likeness (QED) is 0.732. The Bertz CT molecular complexity index is 370. The van der Waals surface area contributed by atoms with Gasteiger partial charge in [0.1, 0.15) is 5.69 Å². The van der Waals surface area contributed by atoms with Crippen molar-refractivity contribution in [2.75, 3.05) is 13.7 Å². The van der Waals surface area contributed by atoms with E-state index in [9.17, 15) is 4.79 Å². The van der Waals surface area contributed by atoms with Crippen molar-refractivity contribution in [2.45, 2.75) is 44.6 Å². The first-order valence-electron chi connectivity index (χ1n) is 6.25. The Morgan fingerprint density at radius 3 is 2.82 bits per heavy atom. The zero-order valence-electron chi connectivity index (χ0n) is 10.3. The molecule has 0 spiro atoms. The van der Waals surface area contributed by atoms with Crippen molar-refractivity contribution in [3.63, 3.8) is 0 Å². The number of hydrogen-bond acceptors (Lipinski definition) is 4. The molecule has 1 fully saturated rings. The van der Waals surface area contributed by atoms with Crippen LogP contribution in [0.15, 0.2) is 0 Å². The molecule has 1 aliphatic rings. The second-order valence-electron chi connectivity index (χ2n) is 4.52. The second-order valence-corrected chi connectivity index (χ2v) is 4.52. The first kappa shape index (κ1) is 12.2. The van der Waals surface area contributed by atoms with Gasteiger partial charge in [-0.3, -0.25) is 4.79 Å². The van der Waals surface area contributed by atoms with Gasteiger partial charge < -0.3 is 4.74 Å². The van der Waals surface area contributed by atoms with Crippen molar-refractivity contribution in [3.05, 3.63) is 11.4 Å². The van der Waals surface area contributed by atoms with Crippen LogP contribution in [0.4, 0.5) is 0 Å². The fourth-order valence-corrected chi connectivity index (χ4v) is 2.48. The molecule has 1 saturated carbocycles. The summed E-state index contributed by atoms with van der Waals surface area (Å²) in [6.45, 7) is 0.598. The summed E-state index contributed by atoms with van der Waals surface area (Å²) < 4.78 is 7.02. The van der Waals surface area contributed by atoms with E-state index in [0.29, 0.717) is 24.8 Å². The fraction of sp³-hybridized carbons (Fsp3) is 0.750. The second kappa shape index (κ2) is 5.91. The summed E-state index contributed by atoms with van der Waals surface area (Å²) >= 11 is 0. The lowest BCUT2D eigenvalue weighted by Crippen LogP contribution is -2.18. The number of ether oxygens (including phenoxy) is 1. The highest BCUT2D eigenvalue weighted by Gasteiger charge is 2.21. The largest absolute Gasteiger partial charge is 0.384 e. The van der Waals surface area contributed by atoms with Gasteiger partial charge in [-0.15, -0.1) is 5.10 Å². The number of nitrogens with zero attached hydrogens (tertiary/aromatic N) is 3. The molecular formula is C12H19N3O2. The summed E-state index contributed by atoms with van der Waals surface area (Å²) in [5.74, 6) is 0. The van der Waals surface area contributed by atoms with E-state index in [1.165, 1.54) is 19.3 Å². The van der Waals surface area contributed by atoms with E-state index < -0.39 is 0 Å². The van der Waals surface area contributed by atoms with Crippen LogP contribution in [-0.2, 0) is 11.2 Å². The van der Waals surface area contributed by atoms with Crippen molar-refractivity contribution >= 4 is 6.29 Å². The minimum atomic E-state index is 0.414. The van der Waals surface area contributed by atoms with Crippen LogP contribution in [0.5, 0.6) is 0 Å². The van der Waals surface area contributed by atoms with Gasteiger partial charge in [0.25, 0.3) is 0 Å². The molecular weight excluding hydrogens is 218 g/mol. The molecule has 5 nitrogen and oxygen atoms in total. The molecule has 0 radical (unpaired) electrons. The monoisotopic (exact) mass is 237 g/mol. The predicted molar refractivity (Wildman–Crippen MR) is 63.1 cm³/mol. The molecule has 0 atom stereocenters. The number of carbonyl (C=O) groups is 1. The van der Waals surface area contributed by atoms with E-state index in [2.05, 4.69) is 10.3 Å². The molecule has 94 valence electrons. The maximum absolute atomic E-state index is 10.9. The van der Waals surface area contributed by atoms with Crippen LogP contribution in [0.1, 0.15) is 54.3 Å². The molecule has 1 aliphatic carbocycles. The molecule has 17 heavy (non-hydrogen) atoms. The smallest absolute Gasteiger partial charge is 0.172 e. The zero-order chi connectivity index (χ0) is 12.1. The first-order valence-corrected chi connectivity index (χ1v) is 6.25. The molecule has 0 saturated heterocycles. The Morgan fingerprint density at radius 1 is 1.41 bits per heavy atom. The number of aromatic nitrogens is 3. The van der Waals surface area contributed by atoms with E-state index in [4.69, 9.17) is 4.74 Å². The van der Waals surface area contributed by atoms with E-state index in [1.807, 2.05) is 4.68 Å². The highest BCUT2D eigenvalue weighted by Crippen LogP contribution is 2.28. The third kappa shape index (κ3) is 2.72. The van der Waals surface area contributed by atoms with Gasteiger partial charge in [0.2, 0.25) is 0 Å². The third-order valence-corrected chi connectivity index (χ3v) is 3.40. The number of hydrogen-bond donors (Lipinski definition) is 0. The molecule has 2 rings (SSSR count). The van der Waals surface area contributed by atoms with Gasteiger partial charge >= 0.3 is 0 Å². The maximum atomic E-state index is 10.9. The predicted octanol–water partition coefficient (Wildman–Crippen LogP) is 1.78. The zero-order valence-corrected chi connectivity index (χ0v) is 10.3. The highest BCUT2D eigenvalue weighted by atomic mass is 16.5. The lowest BCUT2D eigenvalue weighted by molar-refractivity contribution is 0.111. The fourth-order valence-electron chi connectivity index (χ4n) is 2.48. The molecule has 0 amide bonds. The summed E-state index contributed by atoms with van der Waals surface area (Å²) in [4.78, 5) is 10.9. The molecule has 5 heteroatoms. The van der Waals surface area contributed by atoms with Crippen LogP contribution in [0.3, 0.4) is 0 Å². The normalized spacial score (nSPS) is 17.2. The van der Waals surface area contributed by atoms with Crippen LogP contribution in [0.25, 0.3) is 0 Å². The minimum Gasteiger partial charge on any atom is -0.384 e. The van der Waals surface area contributed by atoms with Crippen molar-refractivity contribution in [1.29, 1.82) is 0 Å². The number of methoxy groups -OCH3 is 1. The molecule has 1 aromatic heterocycles. The average molecular weight is 237 g/mol. The SMILES string of the molecule is COCCc1c(C=O)nnn1C1CCCCC1. The Hall–Kier alpha value is -1.23. The van der Waals surface area contributed by atoms with Gasteiger partial charge in [0.15, 0.2) is 6.29 Å². The lowest BCUT2D eigenvalue weighted by Gasteiger charge is -2.23. The summed E-state index contributed by atoms with van der Waals surface area (Å²) in [5.41, 5.74) is 1.39. The third-order valence-electron chi connectivity index (χ3n) is 3.40. The average Bonchev–Trinajstić information content (AvgIpc) is 2.80. The Labute approximate surface area is 101 Å². The summed E-state index contributed by atoms with van der Waals surface area (Å²) in [7, 11) is 1.66. The van der Waals surface area contributed by atoms with Crippen LogP contribution in [0.2, 0.25) is 0 Å². The summed E-state index contributed by atoms with van der Waals surface area (Å²) in [6.07, 6.45) is 7.56. The Balaban J connectivity index is 2.19. The molecule has 0 aliphatic heterocycles. The minimum absolute atomic E-state index is 0.414. The van der Waals surface area contributed by atoms with Crippen LogP contribution in [0, 0.1) is 0 Å². The topological polar surface area (TPSA) is 57.0 Å². The number of carbonyl (C=O) groups excluding carboxylic acids is 1. The van der Waals surface area contributed by atoms with Gasteiger partial charge in [-0.2, -0.15) is 0 Å². The molecule has 0 aromatic carbocycles. The van der Waals surface area contributed by atoms with Crippen molar-refractivity contribution in [1.82, 2.24) is 15.0 Å². The van der Waals surface area contributed by atoms with Crippen molar-refractivity contribution in [3.8, 4) is 0 Å². The van der Waals surface area contributed by atoms with E-state index in [-0.39, 0.29) is 0 Å². The molecule has 0 unspecified atom stereocenters. The van der Waals surface area contributed by atoms with Crippen molar-refractivity contribution < 1.29 is 9.53 Å². The summed E-state index contributed by atoms with van der Waals surface area (Å²) in [6, 6.07) is 0.414. The van der Waals surface area contributed by atoms with Gasteiger partial charge in [0.05, 0.1) is 18.3 Å². The molecule has 1 aromatic rings. The van der Waals surface area contributed by atoms with E-state index in [1.54, 1.807) is 7.11 Å². The first-order chi connectivity index (χ1) is 8.36. The molecule has 0 bridgehead atoms. The maximum Gasteiger partial charge on any atom is 0.172 e. The lowest BCUT2D eigenvalue weighted by atomic mass is 9.95. The molecule has 0 N–H and O–H groups in total. The van der Waals surface area contributed by atoms with Gasteiger partial charge in [-0.1, -0.05) is 24.5 Å². The van der Waals surface area contributed by atoms with Crippen LogP contribution >= 0.6 is 0 Å². The van der Waals surface area contributed by atoms with Gasteiger partial charge in [-0.25, -0.2) is 4.68 Å². The van der Waals surface area contributed by atoms with Gasteiger partial charge in [-0.05, 0) is 12.8 Å². The molecule has 1 heterocycles. The Morgan fingerprint density at radius 2 is 2.18 bits per heavy atom. The number of rotatable bonds is 5. The Kier molecular flexibility index (Phi) is 4.25. The van der Waals surface area contributed by atoms with Crippen molar-refractivity contribution in [2.24, 2.45) is 0 Å². The van der Waals surface area contributed by atoms with Gasteiger partial charge in [0, 0.05) is 13.5 Å². The standard InChI is InChI=1S/C12H19N3O2/c1-17-8-7-12-11(9-16)13-14-15(12)10-5-3-2-4-6-10/h9-10H,2-8H2,1H3. The van der Waals surface area contributed by atoms with E-state index in [0.717, 1.165) is 24.8 Å². The number of aldehydes is 1. The van der Waals surface area contributed by atoms with E-state index >= 15 is 0 Å². The van der Waals surface area contributed by atoms with Crippen LogP contribution < -0.4 is 0 Å². The van der Waals surface area contributed by atoms with Crippen LogP contribution in [-0.4, -0.2) is 35.0 Å². The summed E-state index contributed by atoms with van der Waals surface area (Å²) in [5, 5.41) is 8.10. The highest BCUT2D eigenvalue weighted by molar-refractivity contribution is 5.73.